The number of hydrogen-bond acceptors (Lipinski definition) is 3. The highest BCUT2D eigenvalue weighted by Gasteiger charge is 2.19. The Morgan fingerprint density at radius 1 is 1.50 bits per heavy atom. The van der Waals surface area contributed by atoms with Gasteiger partial charge in [-0.2, -0.15) is 5.10 Å². The zero-order valence-electron chi connectivity index (χ0n) is 9.38. The molecule has 0 radical (unpaired) electrons. The van der Waals surface area contributed by atoms with Gasteiger partial charge in [0.05, 0.1) is 27.8 Å². The molecule has 0 saturated heterocycles. The van der Waals surface area contributed by atoms with Crippen molar-refractivity contribution in [3.63, 3.8) is 0 Å². The summed E-state index contributed by atoms with van der Waals surface area (Å²) in [6, 6.07) is 3.78. The summed E-state index contributed by atoms with van der Waals surface area (Å²) < 4.78 is 2.66. The molecule has 0 unspecified atom stereocenters. The Kier molecular flexibility index (Phi) is 2.65. The fourth-order valence-electron chi connectivity index (χ4n) is 1.86. The molecule has 0 saturated carbocycles. The van der Waals surface area contributed by atoms with Crippen LogP contribution in [-0.4, -0.2) is 14.8 Å². The molecule has 18 heavy (non-hydrogen) atoms. The van der Waals surface area contributed by atoms with Crippen LogP contribution in [0.4, 0.5) is 5.69 Å². The molecule has 4 nitrogen and oxygen atoms in total. The Hall–Kier alpha value is -1.71. The Morgan fingerprint density at radius 2 is 2.33 bits per heavy atom. The standard InChI is InChI=1S/C12H7BrN4S/c1-14-9-7-4-3-5-15-12(7)18-11(9)10-8(13)6-16-17(10)2/h3-6H,2H3. The quantitative estimate of drug-likeness (QED) is 0.635. The van der Waals surface area contributed by atoms with Crippen molar-refractivity contribution in [2.75, 3.05) is 0 Å². The molecule has 0 aliphatic rings. The van der Waals surface area contributed by atoms with E-state index in [9.17, 15) is 0 Å². The van der Waals surface area contributed by atoms with Crippen LogP contribution in [0.25, 0.3) is 25.6 Å². The number of thiophene rings is 1. The molecule has 0 aromatic carbocycles. The first-order valence-electron chi connectivity index (χ1n) is 5.15. The van der Waals surface area contributed by atoms with E-state index in [-0.39, 0.29) is 0 Å². The van der Waals surface area contributed by atoms with E-state index in [0.717, 1.165) is 25.3 Å². The SMILES string of the molecule is [C-]#[N+]c1c(-c2c(Br)cnn2C)sc2ncccc12. The highest BCUT2D eigenvalue weighted by molar-refractivity contribution is 9.10. The van der Waals surface area contributed by atoms with Crippen molar-refractivity contribution >= 4 is 43.2 Å². The van der Waals surface area contributed by atoms with Gasteiger partial charge in [-0.1, -0.05) is 6.07 Å². The largest absolute Gasteiger partial charge is 0.267 e. The van der Waals surface area contributed by atoms with Crippen LogP contribution in [0.3, 0.4) is 0 Å². The van der Waals surface area contributed by atoms with Crippen LogP contribution in [0.2, 0.25) is 0 Å². The average molecular weight is 319 g/mol. The predicted octanol–water partition coefficient (Wildman–Crippen LogP) is 4.01. The minimum absolute atomic E-state index is 0.646. The molecular formula is C12H7BrN4S. The zero-order valence-corrected chi connectivity index (χ0v) is 11.8. The fourth-order valence-corrected chi connectivity index (χ4v) is 3.71. The van der Waals surface area contributed by atoms with Crippen molar-refractivity contribution in [2.24, 2.45) is 7.05 Å². The second-order valence-corrected chi connectivity index (χ2v) is 5.57. The van der Waals surface area contributed by atoms with Crippen molar-refractivity contribution in [3.05, 3.63) is 40.4 Å². The van der Waals surface area contributed by atoms with Gasteiger partial charge in [0, 0.05) is 18.6 Å². The third kappa shape index (κ3) is 1.55. The molecule has 0 spiro atoms. The van der Waals surface area contributed by atoms with Crippen LogP contribution < -0.4 is 0 Å². The van der Waals surface area contributed by atoms with Crippen LogP contribution in [0.15, 0.2) is 29.0 Å². The van der Waals surface area contributed by atoms with E-state index in [1.165, 1.54) is 11.3 Å². The molecule has 6 heteroatoms. The third-order valence-electron chi connectivity index (χ3n) is 2.66. The van der Waals surface area contributed by atoms with Crippen molar-refractivity contribution in [2.45, 2.75) is 0 Å². The normalized spacial score (nSPS) is 10.7. The summed E-state index contributed by atoms with van der Waals surface area (Å²) in [5, 5.41) is 5.09. The lowest BCUT2D eigenvalue weighted by Gasteiger charge is -2.00. The van der Waals surface area contributed by atoms with Crippen LogP contribution in [0, 0.1) is 6.57 Å². The van der Waals surface area contributed by atoms with E-state index >= 15 is 0 Å². The summed E-state index contributed by atoms with van der Waals surface area (Å²) in [4.78, 5) is 9.75. The van der Waals surface area contributed by atoms with Crippen LogP contribution >= 0.6 is 27.3 Å². The molecule has 0 aliphatic heterocycles. The topological polar surface area (TPSA) is 35.1 Å². The molecule has 0 atom stereocenters. The van der Waals surface area contributed by atoms with Gasteiger partial charge in [0.15, 0.2) is 0 Å². The molecule has 3 aromatic heterocycles. The van der Waals surface area contributed by atoms with Gasteiger partial charge >= 0.3 is 0 Å². The Balaban J connectivity index is 2.40. The molecule has 0 bridgehead atoms. The van der Waals surface area contributed by atoms with Crippen LogP contribution in [-0.2, 0) is 7.05 Å². The number of fused-ring (bicyclic) bond motifs is 1. The number of rotatable bonds is 1. The first kappa shape index (κ1) is 11.4. The summed E-state index contributed by atoms with van der Waals surface area (Å²) in [6.07, 6.45) is 3.48. The van der Waals surface area contributed by atoms with Gasteiger partial charge < -0.3 is 0 Å². The molecule has 0 fully saturated rings. The van der Waals surface area contributed by atoms with Gasteiger partial charge in [-0.3, -0.25) is 4.68 Å². The maximum atomic E-state index is 7.39. The van der Waals surface area contributed by atoms with Crippen LogP contribution in [0.5, 0.6) is 0 Å². The molecule has 0 amide bonds. The third-order valence-corrected chi connectivity index (χ3v) is 4.35. The molecule has 3 aromatic rings. The molecule has 3 heterocycles. The minimum atomic E-state index is 0.646. The highest BCUT2D eigenvalue weighted by Crippen LogP contribution is 2.45. The molecule has 88 valence electrons. The fraction of sp³-hybridized carbons (Fsp3) is 0.0833. The van der Waals surface area contributed by atoms with Gasteiger partial charge in [0.1, 0.15) is 4.83 Å². The van der Waals surface area contributed by atoms with Gasteiger partial charge in [0.2, 0.25) is 5.69 Å². The number of pyridine rings is 1. The second-order valence-electron chi connectivity index (χ2n) is 3.71. The van der Waals surface area contributed by atoms with E-state index in [4.69, 9.17) is 6.57 Å². The predicted molar refractivity (Wildman–Crippen MR) is 75.8 cm³/mol. The van der Waals surface area contributed by atoms with Crippen molar-refractivity contribution in [1.82, 2.24) is 14.8 Å². The number of hydrogen-bond donors (Lipinski definition) is 0. The van der Waals surface area contributed by atoms with Crippen molar-refractivity contribution < 1.29 is 0 Å². The molecule has 3 rings (SSSR count). The maximum absolute atomic E-state index is 7.39. The molecule has 0 aliphatic carbocycles. The van der Waals surface area contributed by atoms with E-state index in [0.29, 0.717) is 5.69 Å². The van der Waals surface area contributed by atoms with Crippen molar-refractivity contribution in [1.29, 1.82) is 0 Å². The van der Waals surface area contributed by atoms with Gasteiger partial charge in [-0.15, -0.1) is 11.3 Å². The summed E-state index contributed by atoms with van der Waals surface area (Å²) >= 11 is 4.99. The van der Waals surface area contributed by atoms with Gasteiger partial charge in [-0.05, 0) is 22.0 Å². The first-order valence-corrected chi connectivity index (χ1v) is 6.76. The smallest absolute Gasteiger partial charge is 0.216 e. The van der Waals surface area contributed by atoms with Crippen LogP contribution in [0.1, 0.15) is 0 Å². The van der Waals surface area contributed by atoms with E-state index in [2.05, 4.69) is 30.9 Å². The number of halogens is 1. The zero-order chi connectivity index (χ0) is 12.7. The Morgan fingerprint density at radius 3 is 3.00 bits per heavy atom. The minimum Gasteiger partial charge on any atom is -0.267 e. The lowest BCUT2D eigenvalue weighted by Crippen LogP contribution is -1.91. The lowest BCUT2D eigenvalue weighted by molar-refractivity contribution is 0.777. The number of nitrogens with zero attached hydrogens (tertiary/aromatic N) is 4. The van der Waals surface area contributed by atoms with Gasteiger partial charge in [0.25, 0.3) is 0 Å². The monoisotopic (exact) mass is 318 g/mol. The summed E-state index contributed by atoms with van der Waals surface area (Å²) in [5.41, 5.74) is 1.57. The Labute approximate surface area is 116 Å². The van der Waals surface area contributed by atoms with Gasteiger partial charge in [-0.25, -0.2) is 9.83 Å². The highest BCUT2D eigenvalue weighted by atomic mass is 79.9. The second kappa shape index (κ2) is 4.19. The summed E-state index contributed by atoms with van der Waals surface area (Å²) in [7, 11) is 1.87. The first-order chi connectivity index (χ1) is 8.72. The summed E-state index contributed by atoms with van der Waals surface area (Å²) in [5.74, 6) is 0. The number of aromatic nitrogens is 3. The summed E-state index contributed by atoms with van der Waals surface area (Å²) in [6.45, 7) is 7.39. The molecular weight excluding hydrogens is 312 g/mol. The van der Waals surface area contributed by atoms with Crippen molar-refractivity contribution in [3.8, 4) is 10.6 Å². The van der Waals surface area contributed by atoms with E-state index in [1.54, 1.807) is 17.1 Å². The molecule has 0 N–H and O–H groups in total. The number of aryl methyl sites for hydroxylation is 1. The average Bonchev–Trinajstić information content (AvgIpc) is 2.89. The van der Waals surface area contributed by atoms with E-state index in [1.807, 2.05) is 19.2 Å². The maximum Gasteiger partial charge on any atom is 0.216 e. The Bertz CT molecular complexity index is 762. The van der Waals surface area contributed by atoms with E-state index < -0.39 is 0 Å². The lowest BCUT2D eigenvalue weighted by atomic mass is 10.2.